The SMILES string of the molecule is CC1(C)O[C@H]2O[C@H]([C@@H]3COC(C)(C)O3)[C@H](O[C@@H]3O[C@@H]4CO[C@@H](c5ccccc5)O[C@H]4[C@H](OCc4ccccc4)[C@@H]3OCc3ccccc3)[C@H]2O1. The molecule has 5 saturated heterocycles. The molecule has 5 heterocycles. The van der Waals surface area contributed by atoms with Crippen molar-refractivity contribution in [3.63, 3.8) is 0 Å². The number of hydrogen-bond donors (Lipinski definition) is 0. The molecular formula is C39H46O11. The Labute approximate surface area is 292 Å². The highest BCUT2D eigenvalue weighted by Crippen LogP contribution is 2.44. The molecule has 5 aliphatic heterocycles. The fourth-order valence-corrected chi connectivity index (χ4v) is 7.33. The zero-order valence-corrected chi connectivity index (χ0v) is 28.8. The summed E-state index contributed by atoms with van der Waals surface area (Å²) in [5.41, 5.74) is 2.93. The molecule has 0 radical (unpaired) electrons. The summed E-state index contributed by atoms with van der Waals surface area (Å²) >= 11 is 0. The standard InChI is InChI=1S/C39H46O11/c1-38(2)43-23-28(48-38)30-32(34-37(46-30)50-39(3,4)49-34)47-36-33(41-21-25-16-10-6-11-17-25)31(40-20-24-14-8-5-9-15-24)29-27(44-36)22-42-35(45-29)26-18-12-7-13-19-26/h5-19,27-37H,20-23H2,1-4H3/t27-,28+,29-,30-,31+,32+,33+,34-,35-,36+,37-/m1/s1. The Hall–Kier alpha value is -2.78. The largest absolute Gasteiger partial charge is 0.368 e. The number of rotatable bonds is 10. The summed E-state index contributed by atoms with van der Waals surface area (Å²) in [5, 5.41) is 0. The van der Waals surface area contributed by atoms with E-state index in [1.165, 1.54) is 0 Å². The van der Waals surface area contributed by atoms with Gasteiger partial charge in [0.15, 0.2) is 30.4 Å². The van der Waals surface area contributed by atoms with Gasteiger partial charge in [0, 0.05) is 5.56 Å². The van der Waals surface area contributed by atoms with Crippen molar-refractivity contribution in [2.75, 3.05) is 13.2 Å². The number of fused-ring (bicyclic) bond motifs is 2. The first-order valence-electron chi connectivity index (χ1n) is 17.5. The molecule has 5 fully saturated rings. The normalized spacial score (nSPS) is 37.3. The minimum atomic E-state index is -0.918. The van der Waals surface area contributed by atoms with Crippen LogP contribution < -0.4 is 0 Å². The van der Waals surface area contributed by atoms with Crippen LogP contribution in [-0.2, 0) is 65.3 Å². The monoisotopic (exact) mass is 690 g/mol. The van der Waals surface area contributed by atoms with Gasteiger partial charge in [0.1, 0.15) is 48.8 Å². The molecule has 0 N–H and O–H groups in total. The minimum absolute atomic E-state index is 0.262. The summed E-state index contributed by atoms with van der Waals surface area (Å²) in [6.45, 7) is 8.71. The van der Waals surface area contributed by atoms with Gasteiger partial charge in [-0.15, -0.1) is 0 Å². The van der Waals surface area contributed by atoms with Gasteiger partial charge in [-0.05, 0) is 38.8 Å². The summed E-state index contributed by atoms with van der Waals surface area (Å²) in [4.78, 5) is 0. The van der Waals surface area contributed by atoms with Gasteiger partial charge in [0.2, 0.25) is 0 Å². The zero-order chi connectivity index (χ0) is 34.3. The van der Waals surface area contributed by atoms with Crippen LogP contribution in [0.2, 0.25) is 0 Å². The van der Waals surface area contributed by atoms with Gasteiger partial charge in [-0.3, -0.25) is 0 Å². The van der Waals surface area contributed by atoms with E-state index in [1.807, 2.05) is 119 Å². The lowest BCUT2D eigenvalue weighted by Gasteiger charge is -2.49. The summed E-state index contributed by atoms with van der Waals surface area (Å²) < 4.78 is 71.5. The fraction of sp³-hybridized carbons (Fsp3) is 0.538. The molecule has 0 saturated carbocycles. The highest BCUT2D eigenvalue weighted by atomic mass is 16.9. The third kappa shape index (κ3) is 7.41. The molecule has 0 amide bonds. The fourth-order valence-electron chi connectivity index (χ4n) is 7.33. The smallest absolute Gasteiger partial charge is 0.190 e. The lowest BCUT2D eigenvalue weighted by Crippen LogP contribution is -2.64. The third-order valence-electron chi connectivity index (χ3n) is 9.64. The molecule has 3 aromatic rings. The Morgan fingerprint density at radius 3 is 1.84 bits per heavy atom. The Bertz CT molecular complexity index is 1540. The Balaban J connectivity index is 1.12. The zero-order valence-electron chi connectivity index (χ0n) is 28.8. The van der Waals surface area contributed by atoms with Crippen molar-refractivity contribution < 1.29 is 52.1 Å². The van der Waals surface area contributed by atoms with Crippen LogP contribution in [0.3, 0.4) is 0 Å². The van der Waals surface area contributed by atoms with Gasteiger partial charge in [-0.1, -0.05) is 91.0 Å². The maximum absolute atomic E-state index is 6.99. The lowest BCUT2D eigenvalue weighted by atomic mass is 9.96. The average molecular weight is 691 g/mol. The van der Waals surface area contributed by atoms with Crippen LogP contribution in [-0.4, -0.2) is 86.2 Å². The number of ether oxygens (including phenoxy) is 11. The maximum atomic E-state index is 6.99. The maximum Gasteiger partial charge on any atom is 0.190 e. The van der Waals surface area contributed by atoms with Crippen LogP contribution in [0, 0.1) is 0 Å². The van der Waals surface area contributed by atoms with E-state index < -0.39 is 79.3 Å². The van der Waals surface area contributed by atoms with E-state index in [9.17, 15) is 0 Å². The van der Waals surface area contributed by atoms with Crippen LogP contribution in [0.1, 0.15) is 50.7 Å². The second-order valence-electron chi connectivity index (χ2n) is 14.3. The van der Waals surface area contributed by atoms with Crippen LogP contribution in [0.4, 0.5) is 0 Å². The molecule has 0 bridgehead atoms. The van der Waals surface area contributed by atoms with Crippen molar-refractivity contribution in [2.24, 2.45) is 0 Å². The molecule has 3 aromatic carbocycles. The van der Waals surface area contributed by atoms with Crippen molar-refractivity contribution in [2.45, 2.75) is 120 Å². The quantitative estimate of drug-likeness (QED) is 0.273. The molecule has 268 valence electrons. The molecule has 0 spiro atoms. The van der Waals surface area contributed by atoms with E-state index in [1.54, 1.807) is 0 Å². The van der Waals surface area contributed by atoms with E-state index >= 15 is 0 Å². The van der Waals surface area contributed by atoms with E-state index in [0.29, 0.717) is 19.8 Å². The number of hydrogen-bond acceptors (Lipinski definition) is 11. The predicted molar refractivity (Wildman–Crippen MR) is 177 cm³/mol. The number of benzene rings is 3. The molecule has 8 rings (SSSR count). The lowest BCUT2D eigenvalue weighted by molar-refractivity contribution is -0.381. The first-order chi connectivity index (χ1) is 24.2. The van der Waals surface area contributed by atoms with E-state index in [-0.39, 0.29) is 6.61 Å². The Morgan fingerprint density at radius 1 is 0.580 bits per heavy atom. The summed E-state index contributed by atoms with van der Waals surface area (Å²) in [6.07, 6.45) is -6.73. The second-order valence-corrected chi connectivity index (χ2v) is 14.3. The molecule has 5 aliphatic rings. The molecule has 11 nitrogen and oxygen atoms in total. The van der Waals surface area contributed by atoms with Gasteiger partial charge in [0.25, 0.3) is 0 Å². The predicted octanol–water partition coefficient (Wildman–Crippen LogP) is 5.41. The first kappa shape index (κ1) is 34.3. The molecule has 0 unspecified atom stereocenters. The molecule has 0 aliphatic carbocycles. The molecule has 11 atom stereocenters. The van der Waals surface area contributed by atoms with Crippen LogP contribution in [0.15, 0.2) is 91.0 Å². The van der Waals surface area contributed by atoms with Gasteiger partial charge in [-0.25, -0.2) is 0 Å². The van der Waals surface area contributed by atoms with Crippen LogP contribution in [0.25, 0.3) is 0 Å². The third-order valence-corrected chi connectivity index (χ3v) is 9.64. The second kappa shape index (κ2) is 14.3. The Kier molecular flexibility index (Phi) is 9.83. The summed E-state index contributed by atoms with van der Waals surface area (Å²) in [7, 11) is 0. The molecule has 0 aromatic heterocycles. The van der Waals surface area contributed by atoms with Gasteiger partial charge < -0.3 is 52.1 Å². The first-order valence-corrected chi connectivity index (χ1v) is 17.5. The topological polar surface area (TPSA) is 102 Å². The van der Waals surface area contributed by atoms with Crippen molar-refractivity contribution in [3.8, 4) is 0 Å². The van der Waals surface area contributed by atoms with Crippen molar-refractivity contribution in [3.05, 3.63) is 108 Å². The Morgan fingerprint density at radius 2 is 1.20 bits per heavy atom. The summed E-state index contributed by atoms with van der Waals surface area (Å²) in [5.74, 6) is -1.63. The summed E-state index contributed by atoms with van der Waals surface area (Å²) in [6, 6.07) is 29.9. The van der Waals surface area contributed by atoms with Crippen molar-refractivity contribution in [1.29, 1.82) is 0 Å². The van der Waals surface area contributed by atoms with Crippen LogP contribution in [0.5, 0.6) is 0 Å². The van der Waals surface area contributed by atoms with Crippen molar-refractivity contribution in [1.82, 2.24) is 0 Å². The van der Waals surface area contributed by atoms with E-state index in [4.69, 9.17) is 52.1 Å². The molecule has 50 heavy (non-hydrogen) atoms. The van der Waals surface area contributed by atoms with E-state index in [0.717, 1.165) is 16.7 Å². The van der Waals surface area contributed by atoms with Crippen molar-refractivity contribution >= 4 is 0 Å². The average Bonchev–Trinajstić information content (AvgIpc) is 3.75. The van der Waals surface area contributed by atoms with Gasteiger partial charge in [-0.2, -0.15) is 0 Å². The minimum Gasteiger partial charge on any atom is -0.368 e. The highest BCUT2D eigenvalue weighted by Gasteiger charge is 2.61. The molecular weight excluding hydrogens is 644 g/mol. The van der Waals surface area contributed by atoms with Gasteiger partial charge in [0.05, 0.1) is 26.4 Å². The molecule has 11 heteroatoms. The van der Waals surface area contributed by atoms with Gasteiger partial charge >= 0.3 is 0 Å². The highest BCUT2D eigenvalue weighted by molar-refractivity contribution is 5.18. The van der Waals surface area contributed by atoms with Crippen LogP contribution >= 0.6 is 0 Å². The van der Waals surface area contributed by atoms with E-state index in [2.05, 4.69) is 0 Å².